The molecule has 0 aromatic heterocycles. The molecule has 0 heterocycles. The number of nitrogens with zero attached hydrogens (tertiary/aromatic N) is 1. The summed E-state index contributed by atoms with van der Waals surface area (Å²) >= 11 is 11.8. The highest BCUT2D eigenvalue weighted by molar-refractivity contribution is 6.42. The van der Waals surface area contributed by atoms with Crippen LogP contribution in [0, 0.1) is 5.41 Å². The van der Waals surface area contributed by atoms with E-state index in [2.05, 4.69) is 0 Å². The number of carboxylic acid groups (broad SMARTS) is 1. The number of hydrogen-bond donors (Lipinski definition) is 1. The Balaban J connectivity index is 2.66. The first-order valence-corrected chi connectivity index (χ1v) is 7.26. The third-order valence-electron chi connectivity index (χ3n) is 3.09. The summed E-state index contributed by atoms with van der Waals surface area (Å²) in [6.07, 6.45) is 0.135. The van der Waals surface area contributed by atoms with Crippen molar-refractivity contribution < 1.29 is 14.7 Å². The Bertz CT molecular complexity index is 544. The Morgan fingerprint density at radius 3 is 2.33 bits per heavy atom. The van der Waals surface area contributed by atoms with Crippen molar-refractivity contribution in [3.8, 4) is 0 Å². The minimum Gasteiger partial charge on any atom is -0.481 e. The minimum atomic E-state index is -0.903. The second kappa shape index (κ2) is 7.14. The summed E-state index contributed by atoms with van der Waals surface area (Å²) in [5.74, 6) is -1.01. The molecule has 116 valence electrons. The van der Waals surface area contributed by atoms with Gasteiger partial charge in [0, 0.05) is 20.0 Å². The molecule has 1 N–H and O–H groups in total. The summed E-state index contributed by atoms with van der Waals surface area (Å²) in [5, 5.41) is 9.76. The van der Waals surface area contributed by atoms with Crippen LogP contribution >= 0.6 is 23.2 Å². The average molecular weight is 332 g/mol. The van der Waals surface area contributed by atoms with Crippen LogP contribution in [-0.4, -0.2) is 28.9 Å². The standard InChI is InChI=1S/C15H19Cl2NO3/c1-15(2,8-14(20)21)7-13(19)18(3)9-10-4-5-11(16)12(17)6-10/h4-6H,7-9H2,1-3H3,(H,20,21). The highest BCUT2D eigenvalue weighted by Crippen LogP contribution is 2.27. The molecule has 0 unspecified atom stereocenters. The smallest absolute Gasteiger partial charge is 0.303 e. The zero-order valence-electron chi connectivity index (χ0n) is 12.3. The van der Waals surface area contributed by atoms with Crippen molar-refractivity contribution in [2.75, 3.05) is 7.05 Å². The number of aliphatic carboxylic acids is 1. The Morgan fingerprint density at radius 1 is 1.19 bits per heavy atom. The maximum Gasteiger partial charge on any atom is 0.303 e. The van der Waals surface area contributed by atoms with Crippen molar-refractivity contribution in [2.45, 2.75) is 33.2 Å². The molecular formula is C15H19Cl2NO3. The predicted molar refractivity (Wildman–Crippen MR) is 83.6 cm³/mol. The molecule has 0 saturated heterocycles. The van der Waals surface area contributed by atoms with Gasteiger partial charge < -0.3 is 10.0 Å². The van der Waals surface area contributed by atoms with E-state index in [1.54, 1.807) is 44.0 Å². The van der Waals surface area contributed by atoms with Crippen LogP contribution in [0.1, 0.15) is 32.3 Å². The molecule has 0 saturated carbocycles. The fraction of sp³-hybridized carbons (Fsp3) is 0.467. The van der Waals surface area contributed by atoms with Crippen LogP contribution in [0.3, 0.4) is 0 Å². The summed E-state index contributed by atoms with van der Waals surface area (Å²) in [4.78, 5) is 24.5. The van der Waals surface area contributed by atoms with Gasteiger partial charge in [-0.05, 0) is 23.1 Å². The summed E-state index contributed by atoms with van der Waals surface area (Å²) in [6, 6.07) is 5.21. The lowest BCUT2D eigenvalue weighted by Gasteiger charge is -2.25. The molecule has 1 aromatic rings. The van der Waals surface area contributed by atoms with E-state index < -0.39 is 11.4 Å². The van der Waals surface area contributed by atoms with Crippen molar-refractivity contribution in [3.63, 3.8) is 0 Å². The van der Waals surface area contributed by atoms with Crippen LogP contribution in [0.25, 0.3) is 0 Å². The average Bonchev–Trinajstić information content (AvgIpc) is 2.31. The molecule has 0 spiro atoms. The van der Waals surface area contributed by atoms with Gasteiger partial charge in [0.1, 0.15) is 0 Å². The molecule has 0 aliphatic carbocycles. The van der Waals surface area contributed by atoms with Gasteiger partial charge >= 0.3 is 5.97 Å². The van der Waals surface area contributed by atoms with E-state index in [1.807, 2.05) is 0 Å². The molecule has 1 rings (SSSR count). The molecule has 1 aromatic carbocycles. The fourth-order valence-electron chi connectivity index (χ4n) is 2.02. The quantitative estimate of drug-likeness (QED) is 0.861. The molecule has 6 heteroatoms. The normalized spacial score (nSPS) is 11.3. The molecule has 4 nitrogen and oxygen atoms in total. The van der Waals surface area contributed by atoms with Crippen molar-refractivity contribution in [1.82, 2.24) is 4.90 Å². The third-order valence-corrected chi connectivity index (χ3v) is 3.83. The topological polar surface area (TPSA) is 57.6 Å². The summed E-state index contributed by atoms with van der Waals surface area (Å²) < 4.78 is 0. The molecular weight excluding hydrogens is 313 g/mol. The molecule has 0 radical (unpaired) electrons. The Hall–Kier alpha value is -1.26. The van der Waals surface area contributed by atoms with Crippen LogP contribution in [0.15, 0.2) is 18.2 Å². The van der Waals surface area contributed by atoms with E-state index in [9.17, 15) is 9.59 Å². The predicted octanol–water partition coefficient (Wildman–Crippen LogP) is 3.84. The number of hydrogen-bond acceptors (Lipinski definition) is 2. The van der Waals surface area contributed by atoms with Gasteiger partial charge in [-0.2, -0.15) is 0 Å². The summed E-state index contributed by atoms with van der Waals surface area (Å²) in [6.45, 7) is 3.94. The first-order chi connectivity index (χ1) is 9.60. The van der Waals surface area contributed by atoms with Crippen molar-refractivity contribution in [3.05, 3.63) is 33.8 Å². The van der Waals surface area contributed by atoms with E-state index in [0.29, 0.717) is 16.6 Å². The number of carboxylic acids is 1. The zero-order chi connectivity index (χ0) is 16.2. The maximum absolute atomic E-state index is 12.2. The fourth-order valence-corrected chi connectivity index (χ4v) is 2.34. The first kappa shape index (κ1) is 17.8. The second-order valence-corrected chi connectivity index (χ2v) is 6.72. The molecule has 0 fully saturated rings. The number of carbonyl (C=O) groups excluding carboxylic acids is 1. The monoisotopic (exact) mass is 331 g/mol. The second-order valence-electron chi connectivity index (χ2n) is 5.91. The first-order valence-electron chi connectivity index (χ1n) is 6.50. The number of benzene rings is 1. The molecule has 0 bridgehead atoms. The summed E-state index contributed by atoms with van der Waals surface area (Å²) in [7, 11) is 1.68. The Labute approximate surface area is 134 Å². The van der Waals surface area contributed by atoms with E-state index in [0.717, 1.165) is 5.56 Å². The van der Waals surface area contributed by atoms with Gasteiger partial charge in [0.2, 0.25) is 5.91 Å². The van der Waals surface area contributed by atoms with Crippen LogP contribution in [0.2, 0.25) is 10.0 Å². The molecule has 1 amide bonds. The highest BCUT2D eigenvalue weighted by atomic mass is 35.5. The van der Waals surface area contributed by atoms with E-state index >= 15 is 0 Å². The molecule has 21 heavy (non-hydrogen) atoms. The number of halogens is 2. The Kier molecular flexibility index (Phi) is 6.05. The highest BCUT2D eigenvalue weighted by Gasteiger charge is 2.26. The lowest BCUT2D eigenvalue weighted by atomic mass is 9.85. The van der Waals surface area contributed by atoms with Crippen LogP contribution in [0.4, 0.5) is 0 Å². The van der Waals surface area contributed by atoms with Crippen molar-refractivity contribution in [1.29, 1.82) is 0 Å². The van der Waals surface area contributed by atoms with E-state index in [-0.39, 0.29) is 18.7 Å². The van der Waals surface area contributed by atoms with Crippen LogP contribution < -0.4 is 0 Å². The van der Waals surface area contributed by atoms with Crippen LogP contribution in [-0.2, 0) is 16.1 Å². The molecule has 0 aliphatic rings. The van der Waals surface area contributed by atoms with Gasteiger partial charge in [0.05, 0.1) is 16.5 Å². The largest absolute Gasteiger partial charge is 0.481 e. The van der Waals surface area contributed by atoms with Gasteiger partial charge in [-0.3, -0.25) is 9.59 Å². The van der Waals surface area contributed by atoms with E-state index in [1.165, 1.54) is 0 Å². The Morgan fingerprint density at radius 2 is 1.81 bits per heavy atom. The van der Waals surface area contributed by atoms with Crippen molar-refractivity contribution >= 4 is 35.1 Å². The lowest BCUT2D eigenvalue weighted by Crippen LogP contribution is -2.31. The summed E-state index contributed by atoms with van der Waals surface area (Å²) in [5.41, 5.74) is 0.297. The van der Waals surface area contributed by atoms with Gasteiger partial charge in [-0.1, -0.05) is 43.1 Å². The van der Waals surface area contributed by atoms with E-state index in [4.69, 9.17) is 28.3 Å². The molecule has 0 aliphatic heterocycles. The number of carbonyl (C=O) groups is 2. The van der Waals surface area contributed by atoms with Crippen molar-refractivity contribution in [2.24, 2.45) is 5.41 Å². The molecule has 0 atom stereocenters. The number of amides is 1. The van der Waals surface area contributed by atoms with Crippen LogP contribution in [0.5, 0.6) is 0 Å². The maximum atomic E-state index is 12.2. The minimum absolute atomic E-state index is 0.0423. The SMILES string of the molecule is CN(Cc1ccc(Cl)c(Cl)c1)C(=O)CC(C)(C)CC(=O)O. The van der Waals surface area contributed by atoms with Gasteiger partial charge in [-0.15, -0.1) is 0 Å². The van der Waals surface area contributed by atoms with Gasteiger partial charge in [-0.25, -0.2) is 0 Å². The van der Waals surface area contributed by atoms with Gasteiger partial charge in [0.15, 0.2) is 0 Å². The number of rotatable bonds is 6. The van der Waals surface area contributed by atoms with Gasteiger partial charge in [0.25, 0.3) is 0 Å². The lowest BCUT2D eigenvalue weighted by molar-refractivity contribution is -0.140. The third kappa shape index (κ3) is 5.94. The zero-order valence-corrected chi connectivity index (χ0v) is 13.8.